The minimum atomic E-state index is -0.0906. The third kappa shape index (κ3) is 6.19. The van der Waals surface area contributed by atoms with Crippen LogP contribution in [0.3, 0.4) is 0 Å². The normalized spacial score (nSPS) is 10.9. The van der Waals surface area contributed by atoms with Gasteiger partial charge in [-0.05, 0) is 26.3 Å². The lowest BCUT2D eigenvalue weighted by Crippen LogP contribution is -2.23. The van der Waals surface area contributed by atoms with E-state index in [0.717, 1.165) is 23.7 Å². The molecular formula is C12H18N2O2S. The minimum absolute atomic E-state index is 0.0906. The van der Waals surface area contributed by atoms with Crippen LogP contribution in [0.4, 0.5) is 0 Å². The molecule has 1 rings (SSSR count). The maximum Gasteiger partial charge on any atom is 0.244 e. The summed E-state index contributed by atoms with van der Waals surface area (Å²) in [7, 11) is 0. The highest BCUT2D eigenvalue weighted by atomic mass is 32.1. The van der Waals surface area contributed by atoms with E-state index < -0.39 is 0 Å². The highest BCUT2D eigenvalue weighted by molar-refractivity contribution is 7.09. The molecule has 0 aliphatic rings. The second kappa shape index (κ2) is 7.97. The second-order valence-electron chi connectivity index (χ2n) is 3.47. The zero-order valence-electron chi connectivity index (χ0n) is 10.2. The summed E-state index contributed by atoms with van der Waals surface area (Å²) in [4.78, 5) is 15.6. The molecule has 5 heteroatoms. The lowest BCUT2D eigenvalue weighted by atomic mass is 10.4. The first-order valence-electron chi connectivity index (χ1n) is 5.68. The number of rotatable bonds is 7. The summed E-state index contributed by atoms with van der Waals surface area (Å²) in [5.41, 5.74) is 0.831. The van der Waals surface area contributed by atoms with Crippen molar-refractivity contribution in [2.24, 2.45) is 0 Å². The van der Waals surface area contributed by atoms with Gasteiger partial charge in [0.05, 0.1) is 10.7 Å². The van der Waals surface area contributed by atoms with E-state index in [1.165, 1.54) is 6.08 Å². The second-order valence-corrected chi connectivity index (χ2v) is 4.53. The number of nitrogens with one attached hydrogen (secondary N) is 1. The third-order valence-corrected chi connectivity index (χ3v) is 2.80. The smallest absolute Gasteiger partial charge is 0.244 e. The number of thiazole rings is 1. The van der Waals surface area contributed by atoms with E-state index in [-0.39, 0.29) is 5.91 Å². The first-order chi connectivity index (χ1) is 8.22. The molecule has 4 nitrogen and oxygen atoms in total. The Kier molecular flexibility index (Phi) is 6.50. The summed E-state index contributed by atoms with van der Waals surface area (Å²) in [6.45, 7) is 5.94. The molecule has 0 aliphatic heterocycles. The number of carbonyl (C=O) groups excluding carboxylic acids is 1. The number of aromatic nitrogens is 1. The number of aryl methyl sites for hydroxylation is 1. The molecule has 0 fully saturated rings. The quantitative estimate of drug-likeness (QED) is 0.598. The van der Waals surface area contributed by atoms with Crippen molar-refractivity contribution in [1.29, 1.82) is 0 Å². The topological polar surface area (TPSA) is 51.2 Å². The molecule has 1 heterocycles. The standard InChI is InChI=1S/C12H18N2O2S/c1-3-16-8-4-7-13-12(15)6-5-11-9-17-10(2)14-11/h5-6,9H,3-4,7-8H2,1-2H3,(H,13,15). The Hall–Kier alpha value is -1.20. The maximum atomic E-state index is 11.4. The monoisotopic (exact) mass is 254 g/mol. The van der Waals surface area contributed by atoms with Crippen molar-refractivity contribution in [3.63, 3.8) is 0 Å². The van der Waals surface area contributed by atoms with Crippen molar-refractivity contribution in [1.82, 2.24) is 10.3 Å². The van der Waals surface area contributed by atoms with Gasteiger partial charge in [-0.1, -0.05) is 0 Å². The number of amides is 1. The lowest BCUT2D eigenvalue weighted by molar-refractivity contribution is -0.116. The Morgan fingerprint density at radius 1 is 1.65 bits per heavy atom. The summed E-state index contributed by atoms with van der Waals surface area (Å²) in [5.74, 6) is -0.0906. The van der Waals surface area contributed by atoms with Gasteiger partial charge in [-0.25, -0.2) is 4.98 Å². The largest absolute Gasteiger partial charge is 0.382 e. The molecule has 1 amide bonds. The minimum Gasteiger partial charge on any atom is -0.382 e. The van der Waals surface area contributed by atoms with E-state index in [0.29, 0.717) is 13.2 Å². The molecule has 0 saturated carbocycles. The first-order valence-corrected chi connectivity index (χ1v) is 6.56. The van der Waals surface area contributed by atoms with Crippen molar-refractivity contribution in [3.8, 4) is 0 Å². The van der Waals surface area contributed by atoms with Gasteiger partial charge in [-0.2, -0.15) is 0 Å². The molecular weight excluding hydrogens is 236 g/mol. The van der Waals surface area contributed by atoms with Crippen LogP contribution in [0, 0.1) is 6.92 Å². The fourth-order valence-electron chi connectivity index (χ4n) is 1.21. The van der Waals surface area contributed by atoms with Crippen molar-refractivity contribution in [3.05, 3.63) is 22.2 Å². The molecule has 0 saturated heterocycles. The summed E-state index contributed by atoms with van der Waals surface area (Å²) in [6, 6.07) is 0. The lowest BCUT2D eigenvalue weighted by Gasteiger charge is -2.01. The van der Waals surface area contributed by atoms with E-state index in [1.54, 1.807) is 17.4 Å². The van der Waals surface area contributed by atoms with Crippen molar-refractivity contribution in [2.75, 3.05) is 19.8 Å². The van der Waals surface area contributed by atoms with Gasteiger partial charge in [0.25, 0.3) is 0 Å². The SMILES string of the molecule is CCOCCCNC(=O)C=Cc1csc(C)n1. The van der Waals surface area contributed by atoms with Crippen molar-refractivity contribution >= 4 is 23.3 Å². The number of hydrogen-bond acceptors (Lipinski definition) is 4. The highest BCUT2D eigenvalue weighted by Gasteiger charge is 1.96. The van der Waals surface area contributed by atoms with Gasteiger partial charge < -0.3 is 10.1 Å². The van der Waals surface area contributed by atoms with Crippen molar-refractivity contribution in [2.45, 2.75) is 20.3 Å². The molecule has 0 aromatic carbocycles. The van der Waals surface area contributed by atoms with Gasteiger partial charge in [0.1, 0.15) is 0 Å². The van der Waals surface area contributed by atoms with Crippen LogP contribution in [0.1, 0.15) is 24.0 Å². The van der Waals surface area contributed by atoms with Gasteiger partial charge in [-0.15, -0.1) is 11.3 Å². The van der Waals surface area contributed by atoms with Gasteiger partial charge in [0, 0.05) is 31.2 Å². The van der Waals surface area contributed by atoms with Gasteiger partial charge >= 0.3 is 0 Å². The molecule has 94 valence electrons. The highest BCUT2D eigenvalue weighted by Crippen LogP contribution is 2.08. The fourth-order valence-corrected chi connectivity index (χ4v) is 1.79. The average Bonchev–Trinajstić information content (AvgIpc) is 2.72. The Morgan fingerprint density at radius 3 is 3.12 bits per heavy atom. The molecule has 0 atom stereocenters. The molecule has 0 unspecified atom stereocenters. The van der Waals surface area contributed by atoms with Crippen LogP contribution in [-0.2, 0) is 9.53 Å². The van der Waals surface area contributed by atoms with Crippen LogP contribution in [0.5, 0.6) is 0 Å². The molecule has 1 N–H and O–H groups in total. The Morgan fingerprint density at radius 2 is 2.47 bits per heavy atom. The maximum absolute atomic E-state index is 11.4. The number of nitrogens with zero attached hydrogens (tertiary/aromatic N) is 1. The van der Waals surface area contributed by atoms with Gasteiger partial charge in [0.15, 0.2) is 0 Å². The van der Waals surface area contributed by atoms with E-state index in [1.807, 2.05) is 19.2 Å². The number of hydrogen-bond donors (Lipinski definition) is 1. The van der Waals surface area contributed by atoms with E-state index in [4.69, 9.17) is 4.74 Å². The third-order valence-electron chi connectivity index (χ3n) is 2.01. The predicted molar refractivity (Wildman–Crippen MR) is 70.0 cm³/mol. The van der Waals surface area contributed by atoms with Crippen LogP contribution < -0.4 is 5.32 Å². The molecule has 0 bridgehead atoms. The summed E-state index contributed by atoms with van der Waals surface area (Å²) in [6.07, 6.45) is 4.07. The van der Waals surface area contributed by atoms with E-state index in [2.05, 4.69) is 10.3 Å². The molecule has 0 radical (unpaired) electrons. The Labute approximate surface area is 106 Å². The van der Waals surface area contributed by atoms with E-state index >= 15 is 0 Å². The van der Waals surface area contributed by atoms with Crippen molar-refractivity contribution < 1.29 is 9.53 Å². The fraction of sp³-hybridized carbons (Fsp3) is 0.500. The summed E-state index contributed by atoms with van der Waals surface area (Å²) >= 11 is 1.57. The molecule has 1 aromatic rings. The van der Waals surface area contributed by atoms with Crippen LogP contribution in [-0.4, -0.2) is 30.6 Å². The molecule has 0 spiro atoms. The number of carbonyl (C=O) groups is 1. The van der Waals surface area contributed by atoms with Crippen LogP contribution in [0.15, 0.2) is 11.5 Å². The predicted octanol–water partition coefficient (Wildman–Crippen LogP) is 2.01. The Balaban J connectivity index is 2.18. The van der Waals surface area contributed by atoms with Gasteiger partial charge in [0.2, 0.25) is 5.91 Å². The molecule has 1 aromatic heterocycles. The van der Waals surface area contributed by atoms with Gasteiger partial charge in [-0.3, -0.25) is 4.79 Å². The van der Waals surface area contributed by atoms with Crippen LogP contribution in [0.25, 0.3) is 6.08 Å². The molecule has 0 aliphatic carbocycles. The van der Waals surface area contributed by atoms with E-state index in [9.17, 15) is 4.79 Å². The summed E-state index contributed by atoms with van der Waals surface area (Å²) < 4.78 is 5.17. The summed E-state index contributed by atoms with van der Waals surface area (Å²) in [5, 5.41) is 5.71. The zero-order chi connectivity index (χ0) is 12.5. The Bertz CT molecular complexity index is 374. The average molecular weight is 254 g/mol. The van der Waals surface area contributed by atoms with Crippen LogP contribution in [0.2, 0.25) is 0 Å². The van der Waals surface area contributed by atoms with Crippen LogP contribution >= 0.6 is 11.3 Å². The zero-order valence-corrected chi connectivity index (χ0v) is 11.0. The number of ether oxygens (including phenoxy) is 1. The molecule has 17 heavy (non-hydrogen) atoms. The first kappa shape index (κ1) is 13.9.